The third-order valence-electron chi connectivity index (χ3n) is 2.31. The molecule has 0 aliphatic heterocycles. The van der Waals surface area contributed by atoms with E-state index < -0.39 is 17.3 Å². The molecule has 2 N–H and O–H groups in total. The van der Waals surface area contributed by atoms with Gasteiger partial charge in [0.05, 0.1) is 0 Å². The molecule has 0 aliphatic rings. The zero-order valence-corrected chi connectivity index (χ0v) is 9.43. The first-order valence-corrected chi connectivity index (χ1v) is 5.36. The summed E-state index contributed by atoms with van der Waals surface area (Å²) < 4.78 is 0. The highest BCUT2D eigenvalue weighted by Crippen LogP contribution is 2.25. The molecule has 4 nitrogen and oxygen atoms in total. The Bertz CT molecular complexity index is 361. The van der Waals surface area contributed by atoms with Crippen LogP contribution in [0.2, 0.25) is 0 Å². The molecule has 82 valence electrons. The Balaban J connectivity index is 2.92. The van der Waals surface area contributed by atoms with E-state index in [9.17, 15) is 9.59 Å². The van der Waals surface area contributed by atoms with Crippen molar-refractivity contribution < 1.29 is 14.7 Å². The summed E-state index contributed by atoms with van der Waals surface area (Å²) >= 11 is 1.45. The van der Waals surface area contributed by atoms with Crippen LogP contribution in [0.1, 0.15) is 11.8 Å². The number of carbonyl (C=O) groups is 2. The number of nitrogens with one attached hydrogen (secondary N) is 1. The summed E-state index contributed by atoms with van der Waals surface area (Å²) in [6.07, 6.45) is 0.222. The van der Waals surface area contributed by atoms with E-state index in [-0.39, 0.29) is 6.42 Å². The number of carboxylic acids is 1. The molecular formula is C10H13NO3S. The Morgan fingerprint density at radius 1 is 1.60 bits per heavy atom. The highest BCUT2D eigenvalue weighted by Gasteiger charge is 2.41. The summed E-state index contributed by atoms with van der Waals surface area (Å²) in [6.45, 7) is 1.44. The number of hydrogen-bond acceptors (Lipinski definition) is 3. The van der Waals surface area contributed by atoms with Gasteiger partial charge in [-0.15, -0.1) is 11.3 Å². The molecule has 0 radical (unpaired) electrons. The van der Waals surface area contributed by atoms with Gasteiger partial charge in [0.2, 0.25) is 5.91 Å². The number of thiophene rings is 1. The quantitative estimate of drug-likeness (QED) is 0.758. The lowest BCUT2D eigenvalue weighted by atomic mass is 9.85. The van der Waals surface area contributed by atoms with E-state index >= 15 is 0 Å². The Labute approximate surface area is 91.9 Å². The van der Waals surface area contributed by atoms with E-state index in [4.69, 9.17) is 5.11 Å². The standard InChI is InChI=1S/C10H13NO3S/c1-10(9(13)14,8(12)11-2)6-7-4-3-5-15-7/h3-5H,6H2,1-2H3,(H,11,12)(H,13,14). The minimum absolute atomic E-state index is 0.222. The molecule has 0 saturated heterocycles. The molecule has 0 spiro atoms. The van der Waals surface area contributed by atoms with E-state index in [0.29, 0.717) is 0 Å². The van der Waals surface area contributed by atoms with Crippen LogP contribution < -0.4 is 5.32 Å². The zero-order valence-electron chi connectivity index (χ0n) is 8.61. The van der Waals surface area contributed by atoms with Crippen molar-refractivity contribution in [2.45, 2.75) is 13.3 Å². The lowest BCUT2D eigenvalue weighted by molar-refractivity contribution is -0.154. The molecule has 0 saturated carbocycles. The lowest BCUT2D eigenvalue weighted by Crippen LogP contribution is -2.44. The maximum Gasteiger partial charge on any atom is 0.319 e. The fraction of sp³-hybridized carbons (Fsp3) is 0.400. The first-order valence-electron chi connectivity index (χ1n) is 4.48. The Morgan fingerprint density at radius 2 is 2.27 bits per heavy atom. The van der Waals surface area contributed by atoms with Crippen LogP contribution >= 0.6 is 11.3 Å². The molecule has 1 aromatic rings. The molecule has 1 aromatic heterocycles. The summed E-state index contributed by atoms with van der Waals surface area (Å²) in [5.74, 6) is -1.57. The summed E-state index contributed by atoms with van der Waals surface area (Å²) in [5.41, 5.74) is -1.39. The van der Waals surface area contributed by atoms with E-state index in [2.05, 4.69) is 5.32 Å². The molecule has 1 unspecified atom stereocenters. The number of rotatable bonds is 4. The maximum absolute atomic E-state index is 11.5. The molecular weight excluding hydrogens is 214 g/mol. The molecule has 1 heterocycles. The van der Waals surface area contributed by atoms with Gasteiger partial charge in [0, 0.05) is 18.3 Å². The van der Waals surface area contributed by atoms with Crippen LogP contribution in [0, 0.1) is 5.41 Å². The van der Waals surface area contributed by atoms with Crippen molar-refractivity contribution in [1.82, 2.24) is 5.32 Å². The minimum atomic E-state index is -1.39. The Hall–Kier alpha value is -1.36. The highest BCUT2D eigenvalue weighted by atomic mass is 32.1. The number of hydrogen-bond donors (Lipinski definition) is 2. The van der Waals surface area contributed by atoms with Gasteiger partial charge in [-0.2, -0.15) is 0 Å². The van der Waals surface area contributed by atoms with Crippen LogP contribution in [0.4, 0.5) is 0 Å². The van der Waals surface area contributed by atoms with Crippen molar-refractivity contribution in [3.05, 3.63) is 22.4 Å². The third kappa shape index (κ3) is 2.36. The topological polar surface area (TPSA) is 66.4 Å². The van der Waals surface area contributed by atoms with Crippen molar-refractivity contribution in [3.8, 4) is 0 Å². The second-order valence-corrected chi connectivity index (χ2v) is 4.50. The van der Waals surface area contributed by atoms with Crippen LogP contribution in [0.25, 0.3) is 0 Å². The van der Waals surface area contributed by atoms with Gasteiger partial charge >= 0.3 is 5.97 Å². The summed E-state index contributed by atoms with van der Waals surface area (Å²) in [4.78, 5) is 23.5. The van der Waals surface area contributed by atoms with Crippen molar-refractivity contribution in [2.75, 3.05) is 7.05 Å². The van der Waals surface area contributed by atoms with Crippen LogP contribution in [-0.4, -0.2) is 24.0 Å². The fourth-order valence-corrected chi connectivity index (χ4v) is 2.15. The van der Waals surface area contributed by atoms with Gasteiger partial charge in [0.15, 0.2) is 0 Å². The SMILES string of the molecule is CNC(=O)C(C)(Cc1cccs1)C(=O)O. The first-order chi connectivity index (χ1) is 7.00. The van der Waals surface area contributed by atoms with Crippen LogP contribution in [0.5, 0.6) is 0 Å². The van der Waals surface area contributed by atoms with Gasteiger partial charge in [-0.05, 0) is 18.4 Å². The maximum atomic E-state index is 11.5. The van der Waals surface area contributed by atoms with Crippen molar-refractivity contribution in [2.24, 2.45) is 5.41 Å². The van der Waals surface area contributed by atoms with Gasteiger partial charge in [0.25, 0.3) is 0 Å². The average molecular weight is 227 g/mol. The normalized spacial score (nSPS) is 14.3. The predicted octanol–water partition coefficient (Wildman–Crippen LogP) is 1.13. The largest absolute Gasteiger partial charge is 0.480 e. The second-order valence-electron chi connectivity index (χ2n) is 3.47. The molecule has 0 aromatic carbocycles. The molecule has 1 atom stereocenters. The van der Waals surface area contributed by atoms with Gasteiger partial charge < -0.3 is 10.4 Å². The molecule has 1 rings (SSSR count). The van der Waals surface area contributed by atoms with Gasteiger partial charge in [-0.25, -0.2) is 0 Å². The average Bonchev–Trinajstić information content (AvgIpc) is 2.68. The number of carbonyl (C=O) groups excluding carboxylic acids is 1. The van der Waals surface area contributed by atoms with Crippen LogP contribution in [-0.2, 0) is 16.0 Å². The second kappa shape index (κ2) is 4.44. The smallest absolute Gasteiger partial charge is 0.319 e. The van der Waals surface area contributed by atoms with Gasteiger partial charge in [0.1, 0.15) is 5.41 Å². The van der Waals surface area contributed by atoms with Crippen molar-refractivity contribution >= 4 is 23.2 Å². The first kappa shape index (κ1) is 11.7. The van der Waals surface area contributed by atoms with E-state index in [0.717, 1.165) is 4.88 Å². The predicted molar refractivity (Wildman–Crippen MR) is 57.8 cm³/mol. The zero-order chi connectivity index (χ0) is 11.5. The van der Waals surface area contributed by atoms with E-state index in [1.165, 1.54) is 25.3 Å². The summed E-state index contributed by atoms with van der Waals surface area (Å²) in [6, 6.07) is 3.67. The summed E-state index contributed by atoms with van der Waals surface area (Å²) in [7, 11) is 1.44. The van der Waals surface area contributed by atoms with Crippen molar-refractivity contribution in [1.29, 1.82) is 0 Å². The number of carboxylic acid groups (broad SMARTS) is 1. The fourth-order valence-electron chi connectivity index (χ4n) is 1.29. The third-order valence-corrected chi connectivity index (χ3v) is 3.18. The van der Waals surface area contributed by atoms with Gasteiger partial charge in [-0.3, -0.25) is 9.59 Å². The molecule has 5 heteroatoms. The van der Waals surface area contributed by atoms with Crippen LogP contribution in [0.3, 0.4) is 0 Å². The molecule has 0 bridgehead atoms. The molecule has 15 heavy (non-hydrogen) atoms. The van der Waals surface area contributed by atoms with E-state index in [1.54, 1.807) is 0 Å². The number of aliphatic carboxylic acids is 1. The highest BCUT2D eigenvalue weighted by molar-refractivity contribution is 7.09. The number of amides is 1. The molecule has 1 amide bonds. The Morgan fingerprint density at radius 3 is 2.67 bits per heavy atom. The molecule has 0 aliphatic carbocycles. The van der Waals surface area contributed by atoms with E-state index in [1.807, 2.05) is 17.5 Å². The summed E-state index contributed by atoms with van der Waals surface area (Å²) in [5, 5.41) is 13.3. The van der Waals surface area contributed by atoms with Crippen molar-refractivity contribution in [3.63, 3.8) is 0 Å². The Kier molecular flexibility index (Phi) is 3.47. The lowest BCUT2D eigenvalue weighted by Gasteiger charge is -2.21. The minimum Gasteiger partial charge on any atom is -0.480 e. The van der Waals surface area contributed by atoms with Gasteiger partial charge in [-0.1, -0.05) is 6.07 Å². The van der Waals surface area contributed by atoms with Crippen LogP contribution in [0.15, 0.2) is 17.5 Å². The monoisotopic (exact) mass is 227 g/mol. The molecule has 0 fully saturated rings.